The van der Waals surface area contributed by atoms with Gasteiger partial charge in [-0.3, -0.25) is 9.36 Å². The van der Waals surface area contributed by atoms with Crippen molar-refractivity contribution in [2.24, 2.45) is 0 Å². The van der Waals surface area contributed by atoms with Crippen LogP contribution >= 0.6 is 7.82 Å². The van der Waals surface area contributed by atoms with Crippen molar-refractivity contribution < 1.29 is 37.3 Å². The number of carbonyl (C=O) groups is 1. The molecule has 0 heterocycles. The first-order valence-electron chi connectivity index (χ1n) is 16.3. The molecule has 0 rings (SSSR count). The molecule has 0 fully saturated rings. The van der Waals surface area contributed by atoms with Crippen LogP contribution in [-0.2, 0) is 27.9 Å². The Bertz CT molecular complexity index is 627. The number of phosphoric ester groups is 1. The quantitative estimate of drug-likeness (QED) is 0.0367. The summed E-state index contributed by atoms with van der Waals surface area (Å²) in [6.45, 7) is 5.36. The predicted octanol–water partition coefficient (Wildman–Crippen LogP) is 7.57. The summed E-state index contributed by atoms with van der Waals surface area (Å²) in [6.07, 6.45) is 21.2. The van der Waals surface area contributed by atoms with E-state index in [-0.39, 0.29) is 25.8 Å². The van der Waals surface area contributed by atoms with Gasteiger partial charge in [-0.15, -0.1) is 0 Å². The maximum Gasteiger partial charge on any atom is 0.306 e. The predicted molar refractivity (Wildman–Crippen MR) is 162 cm³/mol. The van der Waals surface area contributed by atoms with E-state index in [1.165, 1.54) is 83.5 Å². The van der Waals surface area contributed by atoms with Crippen LogP contribution in [0.5, 0.6) is 0 Å². The minimum atomic E-state index is -4.49. The van der Waals surface area contributed by atoms with Crippen LogP contribution in [0.4, 0.5) is 0 Å². The molecule has 0 aliphatic carbocycles. The molecule has 0 aromatic rings. The van der Waals surface area contributed by atoms with Crippen LogP contribution in [0.15, 0.2) is 0 Å². The van der Waals surface area contributed by atoms with Crippen LogP contribution in [-0.4, -0.2) is 70.7 Å². The van der Waals surface area contributed by atoms with Crippen LogP contribution in [0.2, 0.25) is 0 Å². The number of ether oxygens (including phenoxy) is 2. The van der Waals surface area contributed by atoms with Crippen LogP contribution < -0.4 is 4.89 Å². The fourth-order valence-corrected chi connectivity index (χ4v) is 5.04. The maximum absolute atomic E-state index is 12.4. The molecule has 0 aromatic carbocycles. The zero-order valence-corrected chi connectivity index (χ0v) is 27.7. The molecular weight excluding hydrogens is 529 g/mol. The number of esters is 1. The first-order valence-corrected chi connectivity index (χ1v) is 17.7. The summed E-state index contributed by atoms with van der Waals surface area (Å²) in [4.78, 5) is 24.6. The van der Waals surface area contributed by atoms with Crippen molar-refractivity contribution in [2.45, 2.75) is 142 Å². The van der Waals surface area contributed by atoms with Gasteiger partial charge in [0, 0.05) is 13.0 Å². The highest BCUT2D eigenvalue weighted by Crippen LogP contribution is 2.38. The molecule has 0 aliphatic rings. The lowest BCUT2D eigenvalue weighted by atomic mass is 10.1. The molecule has 0 N–H and O–H groups in total. The number of carbonyl (C=O) groups excluding carboxylic acids is 1. The molecule has 0 spiro atoms. The van der Waals surface area contributed by atoms with Gasteiger partial charge in [-0.05, 0) is 12.8 Å². The minimum Gasteiger partial charge on any atom is -0.756 e. The summed E-state index contributed by atoms with van der Waals surface area (Å²) in [6, 6.07) is 0. The van der Waals surface area contributed by atoms with Crippen LogP contribution in [0.1, 0.15) is 136 Å². The smallest absolute Gasteiger partial charge is 0.306 e. The topological polar surface area (TPSA) is 94.1 Å². The Morgan fingerprint density at radius 1 is 0.675 bits per heavy atom. The number of nitrogens with zero attached hydrogens (tertiary/aromatic N) is 1. The molecule has 40 heavy (non-hydrogen) atoms. The number of hydrogen-bond donors (Lipinski definition) is 0. The molecule has 240 valence electrons. The van der Waals surface area contributed by atoms with Crippen LogP contribution in [0.3, 0.4) is 0 Å². The zero-order valence-electron chi connectivity index (χ0n) is 26.8. The summed E-state index contributed by atoms with van der Waals surface area (Å²) in [5.74, 6) is -0.341. The average Bonchev–Trinajstić information content (AvgIpc) is 2.88. The van der Waals surface area contributed by atoms with E-state index < -0.39 is 13.9 Å². The summed E-state index contributed by atoms with van der Waals surface area (Å²) in [7, 11) is 1.36. The van der Waals surface area contributed by atoms with E-state index in [1.807, 2.05) is 21.1 Å². The monoisotopic (exact) mass is 593 g/mol. The van der Waals surface area contributed by atoms with Crippen molar-refractivity contribution in [3.05, 3.63) is 0 Å². The Labute approximate surface area is 247 Å². The third-order valence-electron chi connectivity index (χ3n) is 6.91. The van der Waals surface area contributed by atoms with Gasteiger partial charge >= 0.3 is 5.97 Å². The van der Waals surface area contributed by atoms with Crippen LogP contribution in [0.25, 0.3) is 0 Å². The average molecular weight is 594 g/mol. The normalized spacial score (nSPS) is 14.2. The molecule has 0 radical (unpaired) electrons. The first-order chi connectivity index (χ1) is 19.1. The molecule has 0 saturated carbocycles. The van der Waals surface area contributed by atoms with Gasteiger partial charge < -0.3 is 27.9 Å². The number of rotatable bonds is 30. The van der Waals surface area contributed by atoms with E-state index >= 15 is 0 Å². The van der Waals surface area contributed by atoms with Gasteiger partial charge in [0.1, 0.15) is 19.3 Å². The van der Waals surface area contributed by atoms with Gasteiger partial charge in [-0.25, -0.2) is 0 Å². The fraction of sp³-hybridized carbons (Fsp3) is 0.968. The van der Waals surface area contributed by atoms with Crippen molar-refractivity contribution in [3.8, 4) is 0 Å². The van der Waals surface area contributed by atoms with Gasteiger partial charge in [0.05, 0.1) is 34.4 Å². The first kappa shape index (κ1) is 39.5. The second-order valence-electron chi connectivity index (χ2n) is 12.2. The Morgan fingerprint density at radius 3 is 1.65 bits per heavy atom. The van der Waals surface area contributed by atoms with Gasteiger partial charge in [0.25, 0.3) is 7.82 Å². The van der Waals surface area contributed by atoms with Crippen LogP contribution in [0, 0.1) is 0 Å². The Morgan fingerprint density at radius 2 is 1.15 bits per heavy atom. The lowest BCUT2D eigenvalue weighted by molar-refractivity contribution is -0.870. The van der Waals surface area contributed by atoms with E-state index in [0.717, 1.165) is 32.1 Å². The van der Waals surface area contributed by atoms with E-state index in [4.69, 9.17) is 18.5 Å². The van der Waals surface area contributed by atoms with Gasteiger partial charge in [0.2, 0.25) is 0 Å². The second-order valence-corrected chi connectivity index (χ2v) is 13.6. The summed E-state index contributed by atoms with van der Waals surface area (Å²) >= 11 is 0. The molecule has 0 aliphatic heterocycles. The van der Waals surface area contributed by atoms with Gasteiger partial charge in [0.15, 0.2) is 0 Å². The van der Waals surface area contributed by atoms with Gasteiger partial charge in [-0.2, -0.15) is 0 Å². The molecule has 0 bridgehead atoms. The van der Waals surface area contributed by atoms with Crippen molar-refractivity contribution in [3.63, 3.8) is 0 Å². The van der Waals surface area contributed by atoms with Gasteiger partial charge in [-0.1, -0.05) is 117 Å². The lowest BCUT2D eigenvalue weighted by Gasteiger charge is -2.28. The molecule has 0 saturated heterocycles. The number of unbranched alkanes of at least 4 members (excludes halogenated alkanes) is 16. The molecular formula is C31H64NO7P. The number of phosphoric acid groups is 1. The van der Waals surface area contributed by atoms with E-state index in [2.05, 4.69) is 13.8 Å². The molecule has 0 amide bonds. The Kier molecular flexibility index (Phi) is 25.8. The van der Waals surface area contributed by atoms with Crippen molar-refractivity contribution in [2.75, 3.05) is 54.1 Å². The maximum atomic E-state index is 12.4. The Balaban J connectivity index is 4.32. The van der Waals surface area contributed by atoms with Crippen molar-refractivity contribution in [1.82, 2.24) is 0 Å². The Hall–Kier alpha value is -0.500. The van der Waals surface area contributed by atoms with E-state index in [9.17, 15) is 14.3 Å². The fourth-order valence-electron chi connectivity index (χ4n) is 4.31. The molecule has 2 unspecified atom stereocenters. The molecule has 0 aromatic heterocycles. The van der Waals surface area contributed by atoms with E-state index in [1.54, 1.807) is 0 Å². The lowest BCUT2D eigenvalue weighted by Crippen LogP contribution is -2.37. The SMILES string of the molecule is CCCCCCCCCCCCCOCC(COP(=O)([O-])OCC[N+](C)(C)C)OC(=O)CCCCCCCCC. The number of quaternary nitrogens is 1. The number of likely N-dealkylation sites (N-methyl/N-ethyl adjacent to an activating group) is 1. The third-order valence-corrected chi connectivity index (χ3v) is 7.87. The van der Waals surface area contributed by atoms with E-state index in [0.29, 0.717) is 24.1 Å². The third kappa shape index (κ3) is 29.0. The summed E-state index contributed by atoms with van der Waals surface area (Å²) in [5.41, 5.74) is 0. The summed E-state index contributed by atoms with van der Waals surface area (Å²) < 4.78 is 34.1. The van der Waals surface area contributed by atoms with Crippen molar-refractivity contribution >= 4 is 13.8 Å². The standard InChI is InChI=1S/C31H64NO7P/c1-6-8-10-12-14-15-16-17-19-21-23-26-36-28-30(29-38-40(34,35)37-27-25-32(3,4)5)39-31(33)24-22-20-18-13-11-9-7-2/h30H,6-29H2,1-5H3. The summed E-state index contributed by atoms with van der Waals surface area (Å²) in [5, 5.41) is 0. The second kappa shape index (κ2) is 26.2. The molecule has 9 heteroatoms. The highest BCUT2D eigenvalue weighted by atomic mass is 31.2. The molecule has 8 nitrogen and oxygen atoms in total. The molecule has 2 atom stereocenters. The van der Waals surface area contributed by atoms with Crippen molar-refractivity contribution in [1.29, 1.82) is 0 Å². The minimum absolute atomic E-state index is 0.0301. The highest BCUT2D eigenvalue weighted by Gasteiger charge is 2.20. The zero-order chi connectivity index (χ0) is 30.0. The number of hydrogen-bond acceptors (Lipinski definition) is 7. The highest BCUT2D eigenvalue weighted by molar-refractivity contribution is 7.45. The largest absolute Gasteiger partial charge is 0.756 e.